The molecule has 0 aliphatic carbocycles. The van der Waals surface area contributed by atoms with E-state index >= 15 is 0 Å². The van der Waals surface area contributed by atoms with Gasteiger partial charge >= 0.3 is 5.88 Å². The minimum Gasteiger partial charge on any atom is -0.400 e. The molecule has 2 aromatic carbocycles. The molecule has 4 aromatic rings. The Morgan fingerprint density at radius 3 is 2.55 bits per heavy atom. The first-order valence-electron chi connectivity index (χ1n) is 8.45. The van der Waals surface area contributed by atoms with E-state index in [2.05, 4.69) is 10.1 Å². The fourth-order valence-electron chi connectivity index (χ4n) is 2.58. The third-order valence-electron chi connectivity index (χ3n) is 3.91. The third-order valence-corrected chi connectivity index (χ3v) is 4.73. The maximum absolute atomic E-state index is 14.4. The average molecular weight is 408 g/mol. The van der Waals surface area contributed by atoms with Crippen LogP contribution in [0.1, 0.15) is 5.76 Å². The van der Waals surface area contributed by atoms with Crippen LogP contribution in [0.3, 0.4) is 0 Å². The van der Waals surface area contributed by atoms with E-state index in [0.717, 1.165) is 0 Å². The van der Waals surface area contributed by atoms with Crippen LogP contribution in [0, 0.1) is 15.9 Å². The quantitative estimate of drug-likeness (QED) is 0.265. The summed E-state index contributed by atoms with van der Waals surface area (Å²) in [4.78, 5) is 15.2. The van der Waals surface area contributed by atoms with Crippen LogP contribution < -0.4 is 4.80 Å². The topological polar surface area (TPSA) is 85.9 Å². The summed E-state index contributed by atoms with van der Waals surface area (Å²) < 4.78 is 20.9. The number of furan rings is 1. The predicted octanol–water partition coefficient (Wildman–Crippen LogP) is 4.97. The fraction of sp³-hybridized carbons (Fsp3) is 0. The van der Waals surface area contributed by atoms with Crippen LogP contribution in [-0.4, -0.2) is 15.8 Å². The van der Waals surface area contributed by atoms with E-state index in [9.17, 15) is 14.5 Å². The molecular weight excluding hydrogens is 395 g/mol. The lowest BCUT2D eigenvalue weighted by Gasteiger charge is -2.04. The SMILES string of the molecule is O=[N+]([O-])c1ccc(C=Nn2c(-c3ccccc3F)csc2=Nc2ccccc2)o1. The van der Waals surface area contributed by atoms with E-state index in [1.54, 1.807) is 23.6 Å². The minimum atomic E-state index is -0.629. The lowest BCUT2D eigenvalue weighted by Crippen LogP contribution is -2.11. The van der Waals surface area contributed by atoms with Gasteiger partial charge in [-0.3, -0.25) is 10.1 Å². The van der Waals surface area contributed by atoms with E-state index in [0.29, 0.717) is 21.7 Å². The molecule has 0 aliphatic rings. The second-order valence-electron chi connectivity index (χ2n) is 5.82. The molecule has 7 nitrogen and oxygen atoms in total. The van der Waals surface area contributed by atoms with Gasteiger partial charge in [0.2, 0.25) is 4.80 Å². The third kappa shape index (κ3) is 4.04. The molecule has 2 aromatic heterocycles. The first-order valence-corrected chi connectivity index (χ1v) is 9.33. The van der Waals surface area contributed by atoms with Gasteiger partial charge in [0, 0.05) is 10.9 Å². The molecule has 0 aliphatic heterocycles. The normalized spacial score (nSPS) is 12.0. The number of hydrogen-bond donors (Lipinski definition) is 0. The van der Waals surface area contributed by atoms with Gasteiger partial charge in [-0.15, -0.1) is 11.3 Å². The summed E-state index contributed by atoms with van der Waals surface area (Å²) in [6.45, 7) is 0. The number of aromatic nitrogens is 1. The molecule has 0 atom stereocenters. The van der Waals surface area contributed by atoms with Crippen molar-refractivity contribution in [2.24, 2.45) is 10.1 Å². The molecule has 0 radical (unpaired) electrons. The van der Waals surface area contributed by atoms with E-state index in [4.69, 9.17) is 4.42 Å². The molecule has 0 saturated heterocycles. The summed E-state index contributed by atoms with van der Waals surface area (Å²) in [6, 6.07) is 18.3. The molecule has 0 spiro atoms. The molecule has 0 bridgehead atoms. The van der Waals surface area contributed by atoms with Gasteiger partial charge in [-0.05, 0) is 30.3 Å². The number of hydrogen-bond acceptors (Lipinski definition) is 6. The summed E-state index contributed by atoms with van der Waals surface area (Å²) >= 11 is 1.30. The lowest BCUT2D eigenvalue weighted by molar-refractivity contribution is -0.402. The highest BCUT2D eigenvalue weighted by atomic mass is 32.1. The Morgan fingerprint density at radius 2 is 1.83 bits per heavy atom. The molecule has 2 heterocycles. The summed E-state index contributed by atoms with van der Waals surface area (Å²) in [7, 11) is 0. The molecule has 0 saturated carbocycles. The molecule has 0 N–H and O–H groups in total. The second kappa shape index (κ2) is 8.03. The zero-order valence-corrected chi connectivity index (χ0v) is 15.6. The lowest BCUT2D eigenvalue weighted by atomic mass is 10.1. The highest BCUT2D eigenvalue weighted by molar-refractivity contribution is 7.07. The first-order chi connectivity index (χ1) is 14.1. The summed E-state index contributed by atoms with van der Waals surface area (Å²) in [6.07, 6.45) is 1.33. The van der Waals surface area contributed by atoms with Crippen molar-refractivity contribution in [2.75, 3.05) is 0 Å². The number of thiazole rings is 1. The van der Waals surface area contributed by atoms with Gasteiger partial charge in [0.1, 0.15) is 10.7 Å². The highest BCUT2D eigenvalue weighted by Gasteiger charge is 2.13. The molecule has 0 fully saturated rings. The number of benzene rings is 2. The number of para-hydroxylation sites is 1. The summed E-state index contributed by atoms with van der Waals surface area (Å²) in [5, 5.41) is 16.9. The molecular formula is C20H13FN4O3S. The van der Waals surface area contributed by atoms with Crippen molar-refractivity contribution in [1.29, 1.82) is 0 Å². The van der Waals surface area contributed by atoms with Crippen molar-refractivity contribution in [3.63, 3.8) is 0 Å². The van der Waals surface area contributed by atoms with Gasteiger partial charge in [0.05, 0.1) is 23.7 Å². The van der Waals surface area contributed by atoms with Crippen LogP contribution in [0.2, 0.25) is 0 Å². The van der Waals surface area contributed by atoms with Gasteiger partial charge in [0.25, 0.3) is 0 Å². The minimum absolute atomic E-state index is 0.195. The van der Waals surface area contributed by atoms with Crippen LogP contribution in [0.4, 0.5) is 16.0 Å². The number of halogens is 1. The van der Waals surface area contributed by atoms with Gasteiger partial charge in [-0.1, -0.05) is 30.3 Å². The molecule has 0 unspecified atom stereocenters. The summed E-state index contributed by atoms with van der Waals surface area (Å²) in [5.74, 6) is -0.583. The standard InChI is InChI=1S/C20H13FN4O3S/c21-17-9-5-4-8-16(17)18-13-29-20(23-14-6-2-1-3-7-14)24(18)22-12-15-10-11-19(28-15)25(26)27/h1-13H. The molecule has 29 heavy (non-hydrogen) atoms. The van der Waals surface area contributed by atoms with Crippen molar-refractivity contribution in [1.82, 2.24) is 4.68 Å². The summed E-state index contributed by atoms with van der Waals surface area (Å²) in [5.41, 5.74) is 1.58. The van der Waals surface area contributed by atoms with Crippen LogP contribution in [0.5, 0.6) is 0 Å². The maximum atomic E-state index is 14.4. The van der Waals surface area contributed by atoms with E-state index in [1.807, 2.05) is 30.3 Å². The molecule has 144 valence electrons. The Labute approximate surface area is 167 Å². The van der Waals surface area contributed by atoms with E-state index in [-0.39, 0.29) is 11.6 Å². The zero-order chi connectivity index (χ0) is 20.2. The molecule has 9 heteroatoms. The number of nitrogens with zero attached hydrogens (tertiary/aromatic N) is 4. The Hall–Kier alpha value is -3.85. The molecule has 4 rings (SSSR count). The van der Waals surface area contributed by atoms with Crippen molar-refractivity contribution >= 4 is 29.1 Å². The van der Waals surface area contributed by atoms with Crippen LogP contribution >= 0.6 is 11.3 Å². The second-order valence-corrected chi connectivity index (χ2v) is 6.66. The van der Waals surface area contributed by atoms with E-state index in [1.165, 1.54) is 40.4 Å². The van der Waals surface area contributed by atoms with Gasteiger partial charge < -0.3 is 4.42 Å². The van der Waals surface area contributed by atoms with Crippen molar-refractivity contribution in [3.8, 4) is 11.3 Å². The maximum Gasteiger partial charge on any atom is 0.433 e. The first kappa shape index (κ1) is 18.5. The fourth-order valence-corrected chi connectivity index (χ4v) is 3.43. The highest BCUT2D eigenvalue weighted by Crippen LogP contribution is 2.24. The largest absolute Gasteiger partial charge is 0.433 e. The van der Waals surface area contributed by atoms with Crippen LogP contribution in [0.15, 0.2) is 86.6 Å². The smallest absolute Gasteiger partial charge is 0.400 e. The van der Waals surface area contributed by atoms with Crippen molar-refractivity contribution in [3.05, 3.63) is 98.6 Å². The number of nitro groups is 1. The van der Waals surface area contributed by atoms with Crippen molar-refractivity contribution < 1.29 is 13.7 Å². The Kier molecular flexibility index (Phi) is 5.12. The Morgan fingerprint density at radius 1 is 1.07 bits per heavy atom. The average Bonchev–Trinajstić information content (AvgIpc) is 3.35. The Bertz CT molecular complexity index is 1260. The van der Waals surface area contributed by atoms with Gasteiger partial charge in [0.15, 0.2) is 5.76 Å². The van der Waals surface area contributed by atoms with Gasteiger partial charge in [-0.2, -0.15) is 5.10 Å². The van der Waals surface area contributed by atoms with Crippen molar-refractivity contribution in [2.45, 2.75) is 0 Å². The number of rotatable bonds is 5. The predicted molar refractivity (Wildman–Crippen MR) is 108 cm³/mol. The van der Waals surface area contributed by atoms with Gasteiger partial charge in [-0.25, -0.2) is 14.1 Å². The Balaban J connectivity index is 1.83. The van der Waals surface area contributed by atoms with Crippen LogP contribution in [-0.2, 0) is 0 Å². The monoisotopic (exact) mass is 408 g/mol. The van der Waals surface area contributed by atoms with Crippen LogP contribution in [0.25, 0.3) is 11.3 Å². The molecule has 0 amide bonds. The van der Waals surface area contributed by atoms with E-state index < -0.39 is 10.7 Å². The zero-order valence-electron chi connectivity index (χ0n) is 14.8.